The van der Waals surface area contributed by atoms with Crippen LogP contribution < -0.4 is 0 Å². The van der Waals surface area contributed by atoms with Crippen LogP contribution in [0.5, 0.6) is 0 Å². The average Bonchev–Trinajstić information content (AvgIpc) is 3.30. The van der Waals surface area contributed by atoms with Crippen molar-refractivity contribution in [2.75, 3.05) is 13.2 Å². The summed E-state index contributed by atoms with van der Waals surface area (Å²) in [5.74, 6) is -0.965. The van der Waals surface area contributed by atoms with Crippen molar-refractivity contribution >= 4 is 17.9 Å². The van der Waals surface area contributed by atoms with E-state index in [-0.39, 0.29) is 37.5 Å². The van der Waals surface area contributed by atoms with Crippen LogP contribution in [0.15, 0.2) is 122 Å². The highest BCUT2D eigenvalue weighted by molar-refractivity contribution is 5.71. The van der Waals surface area contributed by atoms with E-state index in [9.17, 15) is 14.4 Å². The van der Waals surface area contributed by atoms with Gasteiger partial charge in [-0.05, 0) is 109 Å². The third-order valence-corrected chi connectivity index (χ3v) is 10.5. The Hall–Kier alpha value is -4.19. The molecule has 0 N–H and O–H groups in total. The van der Waals surface area contributed by atoms with Crippen molar-refractivity contribution in [3.63, 3.8) is 0 Å². The van der Waals surface area contributed by atoms with Gasteiger partial charge < -0.3 is 14.2 Å². The summed E-state index contributed by atoms with van der Waals surface area (Å²) in [7, 11) is 0. The van der Waals surface area contributed by atoms with Crippen molar-refractivity contribution in [1.82, 2.24) is 0 Å². The number of hydrogen-bond donors (Lipinski definition) is 0. The first-order valence-corrected chi connectivity index (χ1v) is 26.0. The van der Waals surface area contributed by atoms with Gasteiger partial charge >= 0.3 is 17.9 Å². The molecule has 0 aliphatic rings. The van der Waals surface area contributed by atoms with Gasteiger partial charge in [-0.25, -0.2) is 0 Å². The number of carbonyl (C=O) groups is 3. The summed E-state index contributed by atoms with van der Waals surface area (Å²) in [5, 5.41) is 0. The maximum atomic E-state index is 12.7. The second-order valence-electron chi connectivity index (χ2n) is 16.7. The first-order valence-electron chi connectivity index (χ1n) is 26.0. The fraction of sp³-hybridized carbons (Fsp3) is 0.610. The Balaban J connectivity index is 4.26. The summed E-state index contributed by atoms with van der Waals surface area (Å²) in [6, 6.07) is 0. The van der Waals surface area contributed by atoms with Crippen LogP contribution in [0.4, 0.5) is 0 Å². The standard InChI is InChI=1S/C59H94O6/c1-4-7-10-13-15-17-19-21-23-25-27-28-29-30-32-33-35-37-39-41-43-46-49-52-58(61)64-55-56(54-63-57(60)51-48-45-12-9-6-3)65-59(62)53-50-47-44-42-40-38-36-34-31-26-24-22-20-18-16-14-11-8-5-2/h7-8,10-11,15-18,21-24,27-28,30-32,34,38,40,56H,4-6,9,12-14,19-20,25-26,29,33,35-37,39,41-55H2,1-3H3/b10-7-,11-8-,17-15-,18-16-,23-21-,24-22-,28-27-,32-30-,34-31-,40-38-. The van der Waals surface area contributed by atoms with Crippen molar-refractivity contribution in [1.29, 1.82) is 0 Å². The molecule has 0 aromatic carbocycles. The Labute approximate surface area is 399 Å². The predicted molar refractivity (Wildman–Crippen MR) is 279 cm³/mol. The molecule has 6 heteroatoms. The quantitative estimate of drug-likeness (QED) is 0.0262. The SMILES string of the molecule is CC/C=C\C/C=C\C/C=C\C/C=C\C/C=C\CCCCCCCCCC(=O)OCC(COC(=O)CCCCCCC)OC(=O)CCCCC/C=C\C/C=C\C/C=C\C/C=C\C/C=C\CC. The van der Waals surface area contributed by atoms with Crippen molar-refractivity contribution < 1.29 is 28.6 Å². The normalized spacial score (nSPS) is 13.1. The minimum Gasteiger partial charge on any atom is -0.462 e. The number of unbranched alkanes of at least 4 members (excludes halogenated alkanes) is 14. The highest BCUT2D eigenvalue weighted by atomic mass is 16.6. The van der Waals surface area contributed by atoms with E-state index in [0.29, 0.717) is 12.8 Å². The molecule has 0 saturated heterocycles. The number of allylic oxidation sites excluding steroid dienone is 20. The molecular weight excluding hydrogens is 805 g/mol. The Kier molecular flexibility index (Phi) is 49.1. The summed E-state index contributed by atoms with van der Waals surface area (Å²) in [4.78, 5) is 37.7. The second-order valence-corrected chi connectivity index (χ2v) is 16.7. The van der Waals surface area contributed by atoms with Crippen molar-refractivity contribution in [2.45, 2.75) is 219 Å². The Bertz CT molecular complexity index is 1400. The van der Waals surface area contributed by atoms with Gasteiger partial charge in [0.15, 0.2) is 6.10 Å². The van der Waals surface area contributed by atoms with Crippen LogP contribution in [0.1, 0.15) is 213 Å². The summed E-state index contributed by atoms with van der Waals surface area (Å²) in [6.07, 6.45) is 72.2. The average molecular weight is 899 g/mol. The molecule has 0 aliphatic carbocycles. The van der Waals surface area contributed by atoms with E-state index < -0.39 is 6.10 Å². The molecule has 1 unspecified atom stereocenters. The summed E-state index contributed by atoms with van der Waals surface area (Å²) in [6.45, 7) is 6.27. The number of carbonyl (C=O) groups excluding carboxylic acids is 3. The highest BCUT2D eigenvalue weighted by Crippen LogP contribution is 2.13. The summed E-state index contributed by atoms with van der Waals surface area (Å²) in [5.41, 5.74) is 0. The van der Waals surface area contributed by atoms with Gasteiger partial charge in [-0.3, -0.25) is 14.4 Å². The molecule has 0 spiro atoms. The number of hydrogen-bond acceptors (Lipinski definition) is 6. The van der Waals surface area contributed by atoms with Gasteiger partial charge in [0.2, 0.25) is 0 Å². The van der Waals surface area contributed by atoms with Crippen molar-refractivity contribution in [3.8, 4) is 0 Å². The number of ether oxygens (including phenoxy) is 3. The maximum Gasteiger partial charge on any atom is 0.306 e. The molecule has 0 rings (SSSR count). The van der Waals surface area contributed by atoms with Crippen LogP contribution in [-0.2, 0) is 28.6 Å². The zero-order valence-corrected chi connectivity index (χ0v) is 41.7. The van der Waals surface area contributed by atoms with E-state index in [1.807, 2.05) is 0 Å². The van der Waals surface area contributed by atoms with Crippen molar-refractivity contribution in [2.24, 2.45) is 0 Å². The van der Waals surface area contributed by atoms with Gasteiger partial charge in [0.1, 0.15) is 13.2 Å². The van der Waals surface area contributed by atoms with Gasteiger partial charge in [0, 0.05) is 19.3 Å². The second kappa shape index (κ2) is 52.4. The van der Waals surface area contributed by atoms with Gasteiger partial charge in [0.05, 0.1) is 0 Å². The lowest BCUT2D eigenvalue weighted by atomic mass is 10.1. The first kappa shape index (κ1) is 60.8. The van der Waals surface area contributed by atoms with Crippen LogP contribution in [0.2, 0.25) is 0 Å². The molecule has 0 fully saturated rings. The fourth-order valence-electron chi connectivity index (χ4n) is 6.61. The molecular formula is C59H94O6. The van der Waals surface area contributed by atoms with E-state index in [1.165, 1.54) is 25.7 Å². The molecule has 0 heterocycles. The monoisotopic (exact) mass is 899 g/mol. The van der Waals surface area contributed by atoms with Crippen LogP contribution in [0.25, 0.3) is 0 Å². The molecule has 0 saturated carbocycles. The van der Waals surface area contributed by atoms with Gasteiger partial charge in [-0.15, -0.1) is 0 Å². The molecule has 0 bridgehead atoms. The van der Waals surface area contributed by atoms with Crippen molar-refractivity contribution in [3.05, 3.63) is 122 Å². The van der Waals surface area contributed by atoms with Crippen LogP contribution in [-0.4, -0.2) is 37.2 Å². The predicted octanol–water partition coefficient (Wildman–Crippen LogP) is 17.3. The zero-order chi connectivity index (χ0) is 47.2. The largest absolute Gasteiger partial charge is 0.462 e. The summed E-state index contributed by atoms with van der Waals surface area (Å²) >= 11 is 0. The molecule has 0 amide bonds. The molecule has 366 valence electrons. The Morgan fingerprint density at radius 2 is 0.600 bits per heavy atom. The molecule has 1 atom stereocenters. The van der Waals surface area contributed by atoms with Crippen LogP contribution in [0, 0.1) is 0 Å². The van der Waals surface area contributed by atoms with E-state index >= 15 is 0 Å². The lowest BCUT2D eigenvalue weighted by Crippen LogP contribution is -2.30. The van der Waals surface area contributed by atoms with E-state index in [0.717, 1.165) is 148 Å². The molecule has 65 heavy (non-hydrogen) atoms. The lowest BCUT2D eigenvalue weighted by molar-refractivity contribution is -0.167. The topological polar surface area (TPSA) is 78.9 Å². The molecule has 6 nitrogen and oxygen atoms in total. The number of rotatable bonds is 45. The summed E-state index contributed by atoms with van der Waals surface area (Å²) < 4.78 is 16.6. The fourth-order valence-corrected chi connectivity index (χ4v) is 6.61. The lowest BCUT2D eigenvalue weighted by Gasteiger charge is -2.18. The molecule has 0 aliphatic heterocycles. The van der Waals surface area contributed by atoms with Gasteiger partial charge in [-0.2, -0.15) is 0 Å². The first-order chi connectivity index (χ1) is 32.0. The minimum absolute atomic E-state index is 0.0992. The molecule has 0 radical (unpaired) electrons. The van der Waals surface area contributed by atoms with Gasteiger partial charge in [-0.1, -0.05) is 206 Å². The zero-order valence-electron chi connectivity index (χ0n) is 41.7. The minimum atomic E-state index is -0.800. The third-order valence-electron chi connectivity index (χ3n) is 10.5. The Morgan fingerprint density at radius 1 is 0.323 bits per heavy atom. The van der Waals surface area contributed by atoms with Crippen LogP contribution >= 0.6 is 0 Å². The van der Waals surface area contributed by atoms with E-state index in [2.05, 4.69) is 142 Å². The highest BCUT2D eigenvalue weighted by Gasteiger charge is 2.19. The number of esters is 3. The van der Waals surface area contributed by atoms with E-state index in [1.54, 1.807) is 0 Å². The van der Waals surface area contributed by atoms with Gasteiger partial charge in [0.25, 0.3) is 0 Å². The van der Waals surface area contributed by atoms with Crippen LogP contribution in [0.3, 0.4) is 0 Å². The maximum absolute atomic E-state index is 12.7. The molecule has 0 aromatic rings. The smallest absolute Gasteiger partial charge is 0.306 e. The third kappa shape index (κ3) is 50.7. The Morgan fingerprint density at radius 3 is 0.954 bits per heavy atom. The molecule has 0 aromatic heterocycles. The van der Waals surface area contributed by atoms with E-state index in [4.69, 9.17) is 14.2 Å².